The van der Waals surface area contributed by atoms with E-state index in [4.69, 9.17) is 16.2 Å². The molecule has 2 aromatic heterocycles. The third kappa shape index (κ3) is 9.62. The van der Waals surface area contributed by atoms with Crippen molar-refractivity contribution in [3.63, 3.8) is 0 Å². The zero-order chi connectivity index (χ0) is 23.1. The summed E-state index contributed by atoms with van der Waals surface area (Å²) in [6.45, 7) is 10.2. The van der Waals surface area contributed by atoms with Gasteiger partial charge in [-0.15, -0.1) is 5.73 Å². The minimum Gasteiger partial charge on any atom is -0.439 e. The van der Waals surface area contributed by atoms with Gasteiger partial charge in [0.05, 0.1) is 0 Å². The summed E-state index contributed by atoms with van der Waals surface area (Å²) in [6, 6.07) is 12.8. The second kappa shape index (κ2) is 18.4. The van der Waals surface area contributed by atoms with E-state index in [9.17, 15) is 4.79 Å². The van der Waals surface area contributed by atoms with Gasteiger partial charge >= 0.3 is 0 Å². The molecule has 0 saturated heterocycles. The predicted molar refractivity (Wildman–Crippen MR) is 138 cm³/mol. The number of pyridine rings is 1. The lowest BCUT2D eigenvalue weighted by molar-refractivity contribution is 0.100. The maximum atomic E-state index is 11.6. The zero-order valence-electron chi connectivity index (χ0n) is 18.1. The van der Waals surface area contributed by atoms with Gasteiger partial charge in [-0.3, -0.25) is 9.48 Å². The first-order chi connectivity index (χ1) is 14.5. The van der Waals surface area contributed by atoms with Crippen LogP contribution in [0.2, 0.25) is 0 Å². The van der Waals surface area contributed by atoms with Crippen LogP contribution in [0.3, 0.4) is 0 Å². The van der Waals surface area contributed by atoms with Crippen LogP contribution >= 0.6 is 9.39 Å². The van der Waals surface area contributed by atoms with Crippen molar-refractivity contribution in [3.05, 3.63) is 73.1 Å². The van der Waals surface area contributed by atoms with Crippen LogP contribution in [0, 0.1) is 0 Å². The van der Waals surface area contributed by atoms with Gasteiger partial charge in [0.15, 0.2) is 0 Å². The first-order valence-corrected chi connectivity index (χ1v) is 9.58. The lowest BCUT2D eigenvalue weighted by Crippen LogP contribution is -2.14. The standard InChI is InChI=1S/C16H15N5O2.C3H4.C2H6.CH4.B.H4NP/c1-21-15(17)13(16(18)22)14(20-21)10-7-8-12(19-9-10)23-11-5-3-2-4-6-11;1-3-2;1-2;;;1-2/h2-9H,17H2,1H3,(H2,18,22);1-2H2;1-2H3;1H4;;1-2H2. The van der Waals surface area contributed by atoms with Crippen LogP contribution in [0.4, 0.5) is 5.82 Å². The zero-order valence-corrected chi connectivity index (χ0v) is 19.2. The molecule has 1 atom stereocenters. The highest BCUT2D eigenvalue weighted by Gasteiger charge is 2.20. The number of hydrogen-bond donors (Lipinski definition) is 3. The minimum absolute atomic E-state index is 0. The van der Waals surface area contributed by atoms with E-state index >= 15 is 0 Å². The molecule has 0 aliphatic heterocycles. The number of nitrogens with two attached hydrogens (primary N) is 3. The monoisotopic (exact) mass is 455 g/mol. The van der Waals surface area contributed by atoms with Crippen molar-refractivity contribution in [1.82, 2.24) is 14.8 Å². The molecular weight excluding hydrogens is 422 g/mol. The Kier molecular flexibility index (Phi) is 19.1. The van der Waals surface area contributed by atoms with Gasteiger partial charge in [0.2, 0.25) is 5.88 Å². The van der Waals surface area contributed by atoms with Gasteiger partial charge in [-0.05, 0) is 18.2 Å². The molecule has 0 saturated carbocycles. The first-order valence-electron chi connectivity index (χ1n) is 8.92. The number of rotatable bonds is 4. The summed E-state index contributed by atoms with van der Waals surface area (Å²) in [5, 5.41) is 4.23. The van der Waals surface area contributed by atoms with Crippen LogP contribution in [0.5, 0.6) is 11.6 Å². The number of para-hydroxylation sites is 1. The predicted octanol–water partition coefficient (Wildman–Crippen LogP) is 3.93. The average Bonchev–Trinajstić information content (AvgIpc) is 3.07. The van der Waals surface area contributed by atoms with E-state index in [0.29, 0.717) is 22.9 Å². The highest BCUT2D eigenvalue weighted by molar-refractivity contribution is 7.13. The molecule has 0 aliphatic carbocycles. The average molecular weight is 455 g/mol. The van der Waals surface area contributed by atoms with Crippen molar-refractivity contribution < 1.29 is 9.53 Å². The van der Waals surface area contributed by atoms with Crippen LogP contribution in [0.25, 0.3) is 11.3 Å². The fourth-order valence-electron chi connectivity index (χ4n) is 2.17. The maximum Gasteiger partial charge on any atom is 0.254 e. The normalized spacial score (nSPS) is 8.16. The molecule has 3 rings (SSSR count). The number of carbonyl (C=O) groups excluding carboxylic acids is 1. The van der Waals surface area contributed by atoms with Crippen molar-refractivity contribution in [3.8, 4) is 22.9 Å². The number of carbonyl (C=O) groups is 1. The Morgan fingerprint density at radius 1 is 1.12 bits per heavy atom. The summed E-state index contributed by atoms with van der Waals surface area (Å²) < 4.78 is 7.03. The van der Waals surface area contributed by atoms with Gasteiger partial charge in [0.25, 0.3) is 5.91 Å². The molecule has 2 heterocycles. The molecule has 0 aliphatic rings. The molecule has 32 heavy (non-hydrogen) atoms. The van der Waals surface area contributed by atoms with Gasteiger partial charge in [-0.1, -0.05) is 62.0 Å². The number of ether oxygens (including phenoxy) is 1. The molecule has 0 fully saturated rings. The summed E-state index contributed by atoms with van der Waals surface area (Å²) in [6.07, 6.45) is 1.56. The van der Waals surface area contributed by atoms with Crippen LogP contribution < -0.4 is 21.7 Å². The quantitative estimate of drug-likeness (QED) is 0.310. The van der Waals surface area contributed by atoms with E-state index in [-0.39, 0.29) is 27.2 Å². The van der Waals surface area contributed by atoms with Crippen LogP contribution in [0.1, 0.15) is 31.6 Å². The lowest BCUT2D eigenvalue weighted by atomic mass is 10.1. The molecule has 6 N–H and O–H groups in total. The molecule has 0 spiro atoms. The van der Waals surface area contributed by atoms with E-state index in [1.807, 2.05) is 53.6 Å². The van der Waals surface area contributed by atoms with Crippen molar-refractivity contribution in [2.45, 2.75) is 21.3 Å². The number of benzene rings is 1. The highest BCUT2D eigenvalue weighted by atomic mass is 31.0. The summed E-state index contributed by atoms with van der Waals surface area (Å²) in [5.74, 6) is 0.712. The van der Waals surface area contributed by atoms with Crippen LogP contribution in [-0.2, 0) is 7.05 Å². The summed E-state index contributed by atoms with van der Waals surface area (Å²) in [7, 11) is 3.56. The Balaban J connectivity index is -0.000000845. The molecule has 1 aromatic carbocycles. The van der Waals surface area contributed by atoms with E-state index in [1.54, 1.807) is 25.4 Å². The Bertz CT molecular complexity index is 941. The van der Waals surface area contributed by atoms with Gasteiger partial charge in [0, 0.05) is 33.3 Å². The number of primary amides is 1. The van der Waals surface area contributed by atoms with Crippen LogP contribution in [-0.4, -0.2) is 29.1 Å². The number of amides is 1. The van der Waals surface area contributed by atoms with Crippen molar-refractivity contribution in [1.29, 1.82) is 0 Å². The van der Waals surface area contributed by atoms with Gasteiger partial charge in [0.1, 0.15) is 22.8 Å². The number of nitrogen functional groups attached to an aromatic ring is 1. The van der Waals surface area contributed by atoms with Gasteiger partial charge < -0.3 is 21.7 Å². The minimum atomic E-state index is -0.629. The topological polar surface area (TPSA) is 135 Å². The molecule has 1 amide bonds. The highest BCUT2D eigenvalue weighted by Crippen LogP contribution is 2.27. The fourth-order valence-corrected chi connectivity index (χ4v) is 2.17. The maximum absolute atomic E-state index is 11.6. The second-order valence-corrected chi connectivity index (χ2v) is 5.15. The summed E-state index contributed by atoms with van der Waals surface area (Å²) in [5.41, 5.74) is 19.1. The number of hydrogen-bond acceptors (Lipinski definition) is 6. The molecule has 8 nitrogen and oxygen atoms in total. The van der Waals surface area contributed by atoms with Gasteiger partial charge in [-0.2, -0.15) is 5.10 Å². The lowest BCUT2D eigenvalue weighted by Gasteiger charge is -2.05. The van der Waals surface area contributed by atoms with Crippen molar-refractivity contribution in [2.75, 3.05) is 5.73 Å². The Hall–Kier alpha value is -3.38. The molecule has 3 aromatic rings. The Morgan fingerprint density at radius 3 is 2.09 bits per heavy atom. The van der Waals surface area contributed by atoms with E-state index in [0.717, 1.165) is 0 Å². The SMILES string of the molecule is C.C=C=C.CC.Cn1nc(-c2ccc(Oc3ccccc3)nc2)c(C(N)=O)c1N.NP.[B]. The molecule has 3 radical (unpaired) electrons. The molecular formula is C22H33BN6O2P. The summed E-state index contributed by atoms with van der Waals surface area (Å²) >= 11 is 0. The number of aromatic nitrogens is 3. The van der Waals surface area contributed by atoms with E-state index in [2.05, 4.69) is 34.5 Å². The first kappa shape index (κ1) is 33.3. The molecule has 1 unspecified atom stereocenters. The number of aryl methyl sites for hydroxylation is 1. The number of nitrogens with zero attached hydrogens (tertiary/aromatic N) is 3. The summed E-state index contributed by atoms with van der Waals surface area (Å²) in [4.78, 5) is 15.8. The van der Waals surface area contributed by atoms with E-state index in [1.165, 1.54) is 4.68 Å². The third-order valence-electron chi connectivity index (χ3n) is 3.31. The fraction of sp³-hybridized carbons (Fsp3) is 0.182. The largest absolute Gasteiger partial charge is 0.439 e. The Morgan fingerprint density at radius 2 is 1.66 bits per heavy atom. The Labute approximate surface area is 195 Å². The van der Waals surface area contributed by atoms with Gasteiger partial charge in [-0.25, -0.2) is 4.98 Å². The molecule has 0 bridgehead atoms. The third-order valence-corrected chi connectivity index (χ3v) is 3.31. The van der Waals surface area contributed by atoms with Crippen molar-refractivity contribution in [2.24, 2.45) is 18.3 Å². The number of anilines is 1. The van der Waals surface area contributed by atoms with Crippen molar-refractivity contribution >= 4 is 29.5 Å². The smallest absolute Gasteiger partial charge is 0.254 e. The molecule has 171 valence electrons. The molecule has 10 heteroatoms. The second-order valence-electron chi connectivity index (χ2n) is 5.15. The van der Waals surface area contributed by atoms with E-state index < -0.39 is 5.91 Å². The van der Waals surface area contributed by atoms with Crippen LogP contribution in [0.15, 0.2) is 67.6 Å².